The van der Waals surface area contributed by atoms with Gasteiger partial charge in [-0.15, -0.1) is 0 Å². The lowest BCUT2D eigenvalue weighted by Crippen LogP contribution is -2.50. The summed E-state index contributed by atoms with van der Waals surface area (Å²) in [4.78, 5) is 50.4. The zero-order valence-corrected chi connectivity index (χ0v) is 30.8. The Morgan fingerprint density at radius 2 is 0.840 bits per heavy atom. The highest BCUT2D eigenvalue weighted by atomic mass is 16.6. The summed E-state index contributed by atoms with van der Waals surface area (Å²) in [6.45, 7) is 9.43. The third-order valence-electron chi connectivity index (χ3n) is 9.17. The summed E-state index contributed by atoms with van der Waals surface area (Å²) in [5, 5.41) is 11.5. The van der Waals surface area contributed by atoms with Crippen LogP contribution < -0.4 is 21.3 Å². The topological polar surface area (TPSA) is 135 Å². The fourth-order valence-electron chi connectivity index (χ4n) is 5.49. The number of carbonyl (C=O) groups is 4. The van der Waals surface area contributed by atoms with Crippen molar-refractivity contribution in [1.82, 2.24) is 21.3 Å². The van der Waals surface area contributed by atoms with Crippen LogP contribution in [0.25, 0.3) is 0 Å². The summed E-state index contributed by atoms with van der Waals surface area (Å²) >= 11 is 0. The molecule has 0 saturated carbocycles. The Balaban J connectivity index is 1.49. The van der Waals surface area contributed by atoms with Crippen LogP contribution >= 0.6 is 0 Å². The molecule has 4 amide bonds. The molecule has 2 unspecified atom stereocenters. The van der Waals surface area contributed by atoms with E-state index in [1.165, 1.54) is 25.7 Å². The first-order valence-electron chi connectivity index (χ1n) is 18.7. The number of hydrogen-bond acceptors (Lipinski definition) is 6. The van der Waals surface area contributed by atoms with E-state index >= 15 is 0 Å². The van der Waals surface area contributed by atoms with Gasteiger partial charge >= 0.3 is 12.2 Å². The molecule has 278 valence electrons. The Morgan fingerprint density at radius 3 is 1.16 bits per heavy atom. The average molecular weight is 695 g/mol. The first-order valence-corrected chi connectivity index (χ1v) is 18.7. The molecule has 4 N–H and O–H groups in total. The Morgan fingerprint density at radius 1 is 0.520 bits per heavy atom. The molecule has 0 aliphatic heterocycles. The molecular formula is C40H62N4O6. The van der Waals surface area contributed by atoms with Gasteiger partial charge in [-0.1, -0.05) is 153 Å². The van der Waals surface area contributed by atoms with Crippen LogP contribution in [-0.2, 0) is 32.3 Å². The van der Waals surface area contributed by atoms with Crippen molar-refractivity contribution in [1.29, 1.82) is 0 Å². The lowest BCUT2D eigenvalue weighted by atomic mass is 9.98. The molecule has 10 heteroatoms. The summed E-state index contributed by atoms with van der Waals surface area (Å²) in [7, 11) is 0. The lowest BCUT2D eigenvalue weighted by molar-refractivity contribution is -0.125. The molecule has 0 aliphatic carbocycles. The molecule has 0 spiro atoms. The van der Waals surface area contributed by atoms with Crippen molar-refractivity contribution in [3.63, 3.8) is 0 Å². The molecule has 0 aliphatic rings. The van der Waals surface area contributed by atoms with Gasteiger partial charge in [0.25, 0.3) is 0 Å². The fraction of sp³-hybridized carbons (Fsp3) is 0.600. The molecule has 50 heavy (non-hydrogen) atoms. The zero-order chi connectivity index (χ0) is 36.4. The molecule has 4 atom stereocenters. The van der Waals surface area contributed by atoms with E-state index in [4.69, 9.17) is 9.47 Å². The number of unbranched alkanes of at least 4 members (excludes halogenated alkanes) is 9. The molecule has 0 radical (unpaired) electrons. The first-order chi connectivity index (χ1) is 24.2. The smallest absolute Gasteiger partial charge is 0.408 e. The van der Waals surface area contributed by atoms with Gasteiger partial charge in [-0.05, 0) is 35.8 Å². The average Bonchev–Trinajstić information content (AvgIpc) is 3.14. The maximum absolute atomic E-state index is 12.8. The molecule has 0 bridgehead atoms. The van der Waals surface area contributed by atoms with Crippen LogP contribution in [0.5, 0.6) is 0 Å². The highest BCUT2D eigenvalue weighted by molar-refractivity contribution is 5.86. The molecule has 2 rings (SSSR count). The van der Waals surface area contributed by atoms with E-state index in [0.717, 1.165) is 62.5 Å². The molecule has 0 saturated heterocycles. The maximum Gasteiger partial charge on any atom is 0.408 e. The van der Waals surface area contributed by atoms with Gasteiger partial charge < -0.3 is 30.7 Å². The highest BCUT2D eigenvalue weighted by Gasteiger charge is 2.27. The zero-order valence-electron chi connectivity index (χ0n) is 30.8. The van der Waals surface area contributed by atoms with E-state index in [2.05, 4.69) is 21.3 Å². The second kappa shape index (κ2) is 25.8. The Kier molecular flexibility index (Phi) is 21.7. The van der Waals surface area contributed by atoms with Gasteiger partial charge in [-0.2, -0.15) is 0 Å². The highest BCUT2D eigenvalue weighted by Crippen LogP contribution is 2.13. The minimum Gasteiger partial charge on any atom is -0.445 e. The van der Waals surface area contributed by atoms with Crippen LogP contribution in [0.4, 0.5) is 9.59 Å². The normalized spacial score (nSPS) is 13.3. The van der Waals surface area contributed by atoms with Gasteiger partial charge in [-0.3, -0.25) is 9.59 Å². The van der Waals surface area contributed by atoms with E-state index in [0.29, 0.717) is 13.1 Å². The van der Waals surface area contributed by atoms with Crippen molar-refractivity contribution in [2.24, 2.45) is 11.8 Å². The van der Waals surface area contributed by atoms with Crippen molar-refractivity contribution in [2.45, 2.75) is 130 Å². The van der Waals surface area contributed by atoms with E-state index in [1.54, 1.807) is 0 Å². The van der Waals surface area contributed by atoms with Crippen LogP contribution in [-0.4, -0.2) is 49.2 Å². The third-order valence-corrected chi connectivity index (χ3v) is 9.17. The largest absolute Gasteiger partial charge is 0.445 e. The summed E-state index contributed by atoms with van der Waals surface area (Å²) < 4.78 is 10.6. The monoisotopic (exact) mass is 694 g/mol. The van der Waals surface area contributed by atoms with E-state index < -0.39 is 24.3 Å². The van der Waals surface area contributed by atoms with Crippen molar-refractivity contribution in [3.8, 4) is 0 Å². The van der Waals surface area contributed by atoms with Crippen LogP contribution in [0.2, 0.25) is 0 Å². The molecule has 0 aromatic heterocycles. The van der Waals surface area contributed by atoms with Crippen molar-refractivity contribution < 1.29 is 28.7 Å². The lowest BCUT2D eigenvalue weighted by Gasteiger charge is -2.23. The van der Waals surface area contributed by atoms with Gasteiger partial charge in [0.2, 0.25) is 11.8 Å². The maximum atomic E-state index is 12.8. The van der Waals surface area contributed by atoms with E-state index in [9.17, 15) is 19.2 Å². The summed E-state index contributed by atoms with van der Waals surface area (Å²) in [6.07, 6.45) is 11.3. The molecular weight excluding hydrogens is 632 g/mol. The Bertz CT molecular complexity index is 1130. The fourth-order valence-corrected chi connectivity index (χ4v) is 5.49. The molecule has 2 aromatic carbocycles. The Labute approximate surface area is 300 Å². The second-order valence-electron chi connectivity index (χ2n) is 13.3. The van der Waals surface area contributed by atoms with Gasteiger partial charge in [0, 0.05) is 13.1 Å². The van der Waals surface area contributed by atoms with E-state index in [-0.39, 0.29) is 36.9 Å². The number of alkyl carbamates (subject to hydrolysis) is 2. The van der Waals surface area contributed by atoms with Gasteiger partial charge in [0.15, 0.2) is 0 Å². The standard InChI is InChI=1S/C40H62N4O6/c1-5-31(3)35(43-39(47)49-29-33-23-17-15-18-24-33)37(45)41-27-21-13-11-9-7-8-10-12-14-22-28-42-38(46)36(32(4)6-2)44-40(48)50-30-34-25-19-16-20-26-34/h15-20,23-26,31-32,35-36H,5-14,21-22,27-30H2,1-4H3,(H,41,45)(H,42,46)(H,43,47)(H,44,48)/t31?,32?,35-,36-/m0/s1. The molecule has 2 aromatic rings. The SMILES string of the molecule is CCC(C)[C@H](NC(=O)OCc1ccccc1)C(=O)NCCCCCCCCCCCCNC(=O)[C@@H](NC(=O)OCc1ccccc1)C(C)CC. The van der Waals surface area contributed by atoms with Crippen LogP contribution in [0.15, 0.2) is 60.7 Å². The first kappa shape index (κ1) is 42.1. The number of ether oxygens (including phenoxy) is 2. The van der Waals surface area contributed by atoms with Crippen LogP contribution in [0.1, 0.15) is 116 Å². The number of benzene rings is 2. The molecule has 0 fully saturated rings. The predicted molar refractivity (Wildman–Crippen MR) is 198 cm³/mol. The summed E-state index contributed by atoms with van der Waals surface area (Å²) in [5.41, 5.74) is 1.79. The van der Waals surface area contributed by atoms with E-state index in [1.807, 2.05) is 88.4 Å². The van der Waals surface area contributed by atoms with Crippen molar-refractivity contribution in [3.05, 3.63) is 71.8 Å². The van der Waals surface area contributed by atoms with Gasteiger partial charge in [0.1, 0.15) is 25.3 Å². The van der Waals surface area contributed by atoms with Gasteiger partial charge in [-0.25, -0.2) is 9.59 Å². The number of hydrogen-bond donors (Lipinski definition) is 4. The summed E-state index contributed by atoms with van der Waals surface area (Å²) in [6, 6.07) is 17.7. The minimum absolute atomic E-state index is 0.00897. The van der Waals surface area contributed by atoms with Crippen molar-refractivity contribution in [2.75, 3.05) is 13.1 Å². The van der Waals surface area contributed by atoms with Crippen LogP contribution in [0, 0.1) is 11.8 Å². The second-order valence-corrected chi connectivity index (χ2v) is 13.3. The predicted octanol–water partition coefficient (Wildman–Crippen LogP) is 7.80. The number of carbonyl (C=O) groups excluding carboxylic acids is 4. The number of rotatable bonds is 25. The van der Waals surface area contributed by atoms with Crippen molar-refractivity contribution >= 4 is 24.0 Å². The molecule has 10 nitrogen and oxygen atoms in total. The quantitative estimate of drug-likeness (QED) is 0.0784. The summed E-state index contributed by atoms with van der Waals surface area (Å²) in [5.74, 6) is -0.348. The molecule has 0 heterocycles. The number of amides is 4. The van der Waals surface area contributed by atoms with Crippen LogP contribution in [0.3, 0.4) is 0 Å². The third kappa shape index (κ3) is 18.1. The number of nitrogens with one attached hydrogen (secondary N) is 4. The Hall–Kier alpha value is -4.08. The minimum atomic E-state index is -0.626. The van der Waals surface area contributed by atoms with Gasteiger partial charge in [0.05, 0.1) is 0 Å².